The van der Waals surface area contributed by atoms with Gasteiger partial charge in [0.05, 0.1) is 5.92 Å². The van der Waals surface area contributed by atoms with Gasteiger partial charge in [-0.25, -0.2) is 0 Å². The molecular formula is C21H29N3O2. The third-order valence-electron chi connectivity index (χ3n) is 6.31. The van der Waals surface area contributed by atoms with Crippen molar-refractivity contribution in [1.29, 1.82) is 0 Å². The zero-order chi connectivity index (χ0) is 17.9. The van der Waals surface area contributed by atoms with Crippen LogP contribution in [-0.4, -0.2) is 53.8 Å². The Kier molecular flexibility index (Phi) is 5.25. The van der Waals surface area contributed by atoms with E-state index in [0.717, 1.165) is 38.8 Å². The molecule has 0 spiro atoms. The minimum atomic E-state index is 0.0692. The van der Waals surface area contributed by atoms with E-state index in [1.807, 2.05) is 11.0 Å². The number of piperidine rings is 1. The van der Waals surface area contributed by atoms with Gasteiger partial charge in [0.15, 0.2) is 0 Å². The highest BCUT2D eigenvalue weighted by Gasteiger charge is 2.46. The van der Waals surface area contributed by atoms with Crippen LogP contribution in [-0.2, 0) is 9.59 Å². The SMILES string of the molecule is O=C(NCCN1CCCCC1=O)[C@H]1C[C@@H](c2ccccc2)N2CCC[C@H]12. The van der Waals surface area contributed by atoms with Gasteiger partial charge in [0.25, 0.3) is 0 Å². The van der Waals surface area contributed by atoms with E-state index in [-0.39, 0.29) is 17.7 Å². The van der Waals surface area contributed by atoms with Crippen molar-refractivity contribution >= 4 is 11.8 Å². The second-order valence-corrected chi connectivity index (χ2v) is 7.85. The summed E-state index contributed by atoms with van der Waals surface area (Å²) in [5.41, 5.74) is 1.33. The number of rotatable bonds is 5. The van der Waals surface area contributed by atoms with E-state index in [1.165, 1.54) is 12.0 Å². The van der Waals surface area contributed by atoms with Crippen molar-refractivity contribution in [3.05, 3.63) is 35.9 Å². The third-order valence-corrected chi connectivity index (χ3v) is 6.31. The lowest BCUT2D eigenvalue weighted by atomic mass is 9.93. The summed E-state index contributed by atoms with van der Waals surface area (Å²) in [6, 6.07) is 11.3. The molecule has 0 radical (unpaired) electrons. The molecule has 0 unspecified atom stereocenters. The normalized spacial score (nSPS) is 29.0. The second kappa shape index (κ2) is 7.78. The topological polar surface area (TPSA) is 52.7 Å². The number of carbonyl (C=O) groups excluding carboxylic acids is 2. The van der Waals surface area contributed by atoms with E-state index >= 15 is 0 Å². The van der Waals surface area contributed by atoms with Gasteiger partial charge >= 0.3 is 0 Å². The van der Waals surface area contributed by atoms with Crippen molar-refractivity contribution in [3.63, 3.8) is 0 Å². The van der Waals surface area contributed by atoms with Crippen LogP contribution in [0.15, 0.2) is 30.3 Å². The van der Waals surface area contributed by atoms with Crippen molar-refractivity contribution in [2.45, 2.75) is 50.6 Å². The Balaban J connectivity index is 1.34. The molecule has 1 aromatic rings. The summed E-state index contributed by atoms with van der Waals surface area (Å²) in [6.07, 6.45) is 5.95. The van der Waals surface area contributed by atoms with Gasteiger partial charge in [-0.3, -0.25) is 14.5 Å². The fourth-order valence-electron chi connectivity index (χ4n) is 4.99. The molecule has 26 heavy (non-hydrogen) atoms. The molecule has 2 amide bonds. The Morgan fingerprint density at radius 3 is 2.77 bits per heavy atom. The van der Waals surface area contributed by atoms with E-state index in [0.29, 0.717) is 31.6 Å². The van der Waals surface area contributed by atoms with Crippen molar-refractivity contribution < 1.29 is 9.59 Å². The van der Waals surface area contributed by atoms with Gasteiger partial charge < -0.3 is 10.2 Å². The van der Waals surface area contributed by atoms with Crippen LogP contribution in [0.4, 0.5) is 0 Å². The summed E-state index contributed by atoms with van der Waals surface area (Å²) < 4.78 is 0. The molecule has 0 saturated carbocycles. The Hall–Kier alpha value is -1.88. The van der Waals surface area contributed by atoms with E-state index in [1.54, 1.807) is 0 Å². The highest BCUT2D eigenvalue weighted by molar-refractivity contribution is 5.80. The van der Waals surface area contributed by atoms with Gasteiger partial charge in [0, 0.05) is 38.1 Å². The largest absolute Gasteiger partial charge is 0.354 e. The number of nitrogens with one attached hydrogen (secondary N) is 1. The number of hydrogen-bond donors (Lipinski definition) is 1. The fourth-order valence-corrected chi connectivity index (χ4v) is 4.99. The summed E-state index contributed by atoms with van der Waals surface area (Å²) in [7, 11) is 0. The highest BCUT2D eigenvalue weighted by atomic mass is 16.2. The minimum Gasteiger partial charge on any atom is -0.354 e. The molecule has 3 aliphatic rings. The monoisotopic (exact) mass is 355 g/mol. The van der Waals surface area contributed by atoms with Gasteiger partial charge in [-0.1, -0.05) is 30.3 Å². The van der Waals surface area contributed by atoms with E-state index in [2.05, 4.69) is 34.5 Å². The number of amides is 2. The molecule has 3 atom stereocenters. The Morgan fingerprint density at radius 2 is 1.96 bits per heavy atom. The molecule has 3 heterocycles. The standard InChI is InChI=1S/C21H29N3O2/c25-20-10-4-5-12-23(20)14-11-22-21(26)17-15-19(16-7-2-1-3-8-16)24-13-6-9-18(17)24/h1-3,7-8,17-19H,4-6,9-15H2,(H,22,26)/t17-,18+,19-/m0/s1. The summed E-state index contributed by atoms with van der Waals surface area (Å²) >= 11 is 0. The lowest BCUT2D eigenvalue weighted by Crippen LogP contribution is -2.43. The minimum absolute atomic E-state index is 0.0692. The van der Waals surface area contributed by atoms with Crippen molar-refractivity contribution in [3.8, 4) is 0 Å². The maximum Gasteiger partial charge on any atom is 0.224 e. The van der Waals surface area contributed by atoms with Crippen molar-refractivity contribution in [2.24, 2.45) is 5.92 Å². The van der Waals surface area contributed by atoms with Crippen LogP contribution in [0.1, 0.15) is 50.1 Å². The number of benzene rings is 1. The van der Waals surface area contributed by atoms with Gasteiger partial charge in [-0.15, -0.1) is 0 Å². The van der Waals surface area contributed by atoms with Gasteiger partial charge in [-0.05, 0) is 44.2 Å². The van der Waals surface area contributed by atoms with Gasteiger partial charge in [0.1, 0.15) is 0 Å². The number of likely N-dealkylation sites (tertiary alicyclic amines) is 1. The molecule has 4 rings (SSSR count). The first-order valence-electron chi connectivity index (χ1n) is 10.1. The van der Waals surface area contributed by atoms with Crippen LogP contribution in [0, 0.1) is 5.92 Å². The second-order valence-electron chi connectivity index (χ2n) is 7.85. The molecular weight excluding hydrogens is 326 g/mol. The smallest absolute Gasteiger partial charge is 0.224 e. The van der Waals surface area contributed by atoms with E-state index in [4.69, 9.17) is 0 Å². The van der Waals surface area contributed by atoms with Crippen LogP contribution >= 0.6 is 0 Å². The molecule has 5 nitrogen and oxygen atoms in total. The van der Waals surface area contributed by atoms with Crippen LogP contribution in [0.2, 0.25) is 0 Å². The number of hydrogen-bond acceptors (Lipinski definition) is 3. The first-order chi connectivity index (χ1) is 12.7. The molecule has 3 aliphatic heterocycles. The predicted molar refractivity (Wildman–Crippen MR) is 100 cm³/mol. The summed E-state index contributed by atoms with van der Waals surface area (Å²) in [6.45, 7) is 3.15. The first-order valence-corrected chi connectivity index (χ1v) is 10.1. The molecule has 5 heteroatoms. The fraction of sp³-hybridized carbons (Fsp3) is 0.619. The predicted octanol–water partition coefficient (Wildman–Crippen LogP) is 2.34. The molecule has 0 bridgehead atoms. The van der Waals surface area contributed by atoms with Crippen LogP contribution in [0.3, 0.4) is 0 Å². The molecule has 3 fully saturated rings. The van der Waals surface area contributed by atoms with E-state index < -0.39 is 0 Å². The number of nitrogens with zero attached hydrogens (tertiary/aromatic N) is 2. The Morgan fingerprint density at radius 1 is 1.12 bits per heavy atom. The maximum absolute atomic E-state index is 12.8. The van der Waals surface area contributed by atoms with Gasteiger partial charge in [0.2, 0.25) is 11.8 Å². The van der Waals surface area contributed by atoms with Gasteiger partial charge in [-0.2, -0.15) is 0 Å². The first kappa shape index (κ1) is 17.5. The summed E-state index contributed by atoms with van der Waals surface area (Å²) in [4.78, 5) is 29.2. The quantitative estimate of drug-likeness (QED) is 0.882. The molecule has 0 aromatic heterocycles. The van der Waals surface area contributed by atoms with Crippen LogP contribution in [0.5, 0.6) is 0 Å². The molecule has 140 valence electrons. The average Bonchev–Trinajstić information content (AvgIpc) is 3.26. The van der Waals surface area contributed by atoms with Crippen LogP contribution < -0.4 is 5.32 Å². The lowest BCUT2D eigenvalue weighted by Gasteiger charge is -2.27. The summed E-state index contributed by atoms with van der Waals surface area (Å²) in [5, 5.41) is 3.12. The molecule has 1 aromatic carbocycles. The van der Waals surface area contributed by atoms with Crippen molar-refractivity contribution in [1.82, 2.24) is 15.1 Å². The zero-order valence-electron chi connectivity index (χ0n) is 15.4. The third kappa shape index (κ3) is 3.50. The molecule has 0 aliphatic carbocycles. The van der Waals surface area contributed by atoms with E-state index in [9.17, 15) is 9.59 Å². The zero-order valence-corrected chi connectivity index (χ0v) is 15.4. The Labute approximate surface area is 155 Å². The molecule has 1 N–H and O–H groups in total. The van der Waals surface area contributed by atoms with Crippen molar-refractivity contribution in [2.75, 3.05) is 26.2 Å². The summed E-state index contributed by atoms with van der Waals surface area (Å²) in [5.74, 6) is 0.474. The molecule has 3 saturated heterocycles. The average molecular weight is 355 g/mol. The highest BCUT2D eigenvalue weighted by Crippen LogP contribution is 2.44. The van der Waals surface area contributed by atoms with Crippen LogP contribution in [0.25, 0.3) is 0 Å². The maximum atomic E-state index is 12.8. The number of carbonyl (C=O) groups is 2. The Bertz CT molecular complexity index is 648. The lowest BCUT2D eigenvalue weighted by molar-refractivity contribution is -0.134. The number of fused-ring (bicyclic) bond motifs is 1.